The van der Waals surface area contributed by atoms with E-state index in [2.05, 4.69) is 11.1 Å². The normalized spacial score (nSPS) is 16.3. The molecule has 1 saturated heterocycles. The first kappa shape index (κ1) is 17.8. The van der Waals surface area contributed by atoms with E-state index in [0.29, 0.717) is 25.1 Å². The first-order chi connectivity index (χ1) is 14.0. The van der Waals surface area contributed by atoms with Crippen LogP contribution in [-0.2, 0) is 16.0 Å². The van der Waals surface area contributed by atoms with Gasteiger partial charge in [0.15, 0.2) is 0 Å². The van der Waals surface area contributed by atoms with Gasteiger partial charge in [-0.1, -0.05) is 12.1 Å². The molecule has 0 aliphatic carbocycles. The molecule has 2 aromatic carbocycles. The SMILES string of the molecule is COC1CN(C(=O)c2ccc3cncc(-c4ccc5c(c4)CC(=O)N5C)c3c2)C1. The number of ether oxygens (including phenoxy) is 1. The van der Waals surface area contributed by atoms with E-state index in [1.54, 1.807) is 24.0 Å². The van der Waals surface area contributed by atoms with E-state index < -0.39 is 0 Å². The molecule has 2 aliphatic heterocycles. The first-order valence-electron chi connectivity index (χ1n) is 9.65. The van der Waals surface area contributed by atoms with Crippen molar-refractivity contribution in [2.24, 2.45) is 0 Å². The summed E-state index contributed by atoms with van der Waals surface area (Å²) >= 11 is 0. The molecule has 2 amide bonds. The molecule has 2 aliphatic rings. The summed E-state index contributed by atoms with van der Waals surface area (Å²) in [6, 6.07) is 11.8. The molecule has 146 valence electrons. The number of aromatic nitrogens is 1. The molecule has 6 nitrogen and oxygen atoms in total. The Morgan fingerprint density at radius 2 is 1.97 bits per heavy atom. The molecule has 0 N–H and O–H groups in total. The van der Waals surface area contributed by atoms with Crippen molar-refractivity contribution in [3.8, 4) is 11.1 Å². The summed E-state index contributed by atoms with van der Waals surface area (Å²) in [6.45, 7) is 1.26. The number of fused-ring (bicyclic) bond motifs is 2. The number of pyridine rings is 1. The van der Waals surface area contributed by atoms with Crippen LogP contribution in [0.1, 0.15) is 15.9 Å². The lowest BCUT2D eigenvalue weighted by Gasteiger charge is -2.38. The van der Waals surface area contributed by atoms with Crippen LogP contribution in [0.4, 0.5) is 5.69 Å². The minimum Gasteiger partial charge on any atom is -0.378 e. The summed E-state index contributed by atoms with van der Waals surface area (Å²) in [5, 5.41) is 1.96. The number of likely N-dealkylation sites (N-methyl/N-ethyl adjacent to an activating group) is 1. The van der Waals surface area contributed by atoms with E-state index in [0.717, 1.165) is 33.2 Å². The summed E-state index contributed by atoms with van der Waals surface area (Å²) < 4.78 is 5.27. The van der Waals surface area contributed by atoms with Crippen LogP contribution in [0.25, 0.3) is 21.9 Å². The third kappa shape index (κ3) is 2.87. The molecule has 3 aromatic rings. The summed E-state index contributed by atoms with van der Waals surface area (Å²) in [6.07, 6.45) is 4.18. The zero-order valence-electron chi connectivity index (χ0n) is 16.4. The lowest BCUT2D eigenvalue weighted by atomic mass is 9.96. The highest BCUT2D eigenvalue weighted by Gasteiger charge is 2.31. The van der Waals surface area contributed by atoms with Crippen LogP contribution in [0, 0.1) is 0 Å². The second kappa shape index (κ2) is 6.67. The highest BCUT2D eigenvalue weighted by atomic mass is 16.5. The predicted molar refractivity (Wildman–Crippen MR) is 111 cm³/mol. The average molecular weight is 387 g/mol. The number of benzene rings is 2. The lowest BCUT2D eigenvalue weighted by Crippen LogP contribution is -2.54. The van der Waals surface area contributed by atoms with Crippen molar-refractivity contribution in [2.75, 3.05) is 32.1 Å². The zero-order chi connectivity index (χ0) is 20.1. The Hall–Kier alpha value is -3.25. The topological polar surface area (TPSA) is 62.7 Å². The van der Waals surface area contributed by atoms with Crippen LogP contribution in [0.2, 0.25) is 0 Å². The molecule has 5 rings (SSSR count). The Kier molecular flexibility index (Phi) is 4.10. The number of methoxy groups -OCH3 is 1. The summed E-state index contributed by atoms with van der Waals surface area (Å²) in [4.78, 5) is 32.7. The van der Waals surface area contributed by atoms with Gasteiger partial charge in [0.25, 0.3) is 5.91 Å². The highest BCUT2D eigenvalue weighted by Crippen LogP contribution is 2.35. The molecule has 1 fully saturated rings. The molecule has 0 unspecified atom stereocenters. The molecule has 0 atom stereocenters. The first-order valence-corrected chi connectivity index (χ1v) is 9.65. The van der Waals surface area contributed by atoms with Crippen molar-refractivity contribution >= 4 is 28.3 Å². The number of carbonyl (C=O) groups is 2. The van der Waals surface area contributed by atoms with Gasteiger partial charge in [-0.15, -0.1) is 0 Å². The number of nitrogens with zero attached hydrogens (tertiary/aromatic N) is 3. The van der Waals surface area contributed by atoms with Crippen molar-refractivity contribution in [1.82, 2.24) is 9.88 Å². The average Bonchev–Trinajstić information content (AvgIpc) is 2.99. The van der Waals surface area contributed by atoms with Crippen LogP contribution in [-0.4, -0.2) is 55.0 Å². The number of amides is 2. The molecule has 1 aromatic heterocycles. The quantitative estimate of drug-likeness (QED) is 0.693. The van der Waals surface area contributed by atoms with Crippen LogP contribution in [0.15, 0.2) is 48.8 Å². The maximum Gasteiger partial charge on any atom is 0.254 e. The van der Waals surface area contributed by atoms with Gasteiger partial charge in [0.2, 0.25) is 5.91 Å². The maximum atomic E-state index is 12.8. The number of anilines is 1. The highest BCUT2D eigenvalue weighted by molar-refractivity contribution is 6.04. The van der Waals surface area contributed by atoms with Crippen LogP contribution in [0.3, 0.4) is 0 Å². The number of carbonyl (C=O) groups excluding carboxylic acids is 2. The van der Waals surface area contributed by atoms with Gasteiger partial charge in [0, 0.05) is 61.8 Å². The van der Waals surface area contributed by atoms with Crippen molar-refractivity contribution in [3.63, 3.8) is 0 Å². The minimum absolute atomic E-state index is 0.0177. The summed E-state index contributed by atoms with van der Waals surface area (Å²) in [5.74, 6) is 0.120. The number of likely N-dealkylation sites (tertiary alicyclic amines) is 1. The molecule has 0 bridgehead atoms. The Bertz CT molecular complexity index is 1150. The molecule has 3 heterocycles. The van der Waals surface area contributed by atoms with E-state index in [1.165, 1.54) is 0 Å². The van der Waals surface area contributed by atoms with Crippen LogP contribution in [0.5, 0.6) is 0 Å². The van der Waals surface area contributed by atoms with Gasteiger partial charge in [-0.05, 0) is 40.8 Å². The van der Waals surface area contributed by atoms with E-state index >= 15 is 0 Å². The van der Waals surface area contributed by atoms with Crippen LogP contribution < -0.4 is 4.90 Å². The van der Waals surface area contributed by atoms with E-state index in [1.807, 2.05) is 42.7 Å². The molecular weight excluding hydrogens is 366 g/mol. The van der Waals surface area contributed by atoms with Crippen molar-refractivity contribution in [2.45, 2.75) is 12.5 Å². The van der Waals surface area contributed by atoms with Crippen LogP contribution >= 0.6 is 0 Å². The van der Waals surface area contributed by atoms with Gasteiger partial charge in [0.1, 0.15) is 0 Å². The van der Waals surface area contributed by atoms with Gasteiger partial charge in [-0.2, -0.15) is 0 Å². The molecule has 0 saturated carbocycles. The molecule has 0 spiro atoms. The Morgan fingerprint density at radius 3 is 2.76 bits per heavy atom. The fourth-order valence-corrected chi connectivity index (χ4v) is 4.10. The van der Waals surface area contributed by atoms with Gasteiger partial charge in [-0.25, -0.2) is 0 Å². The smallest absolute Gasteiger partial charge is 0.254 e. The maximum absolute atomic E-state index is 12.8. The molecular formula is C23H21N3O3. The Labute approximate surface area is 168 Å². The van der Waals surface area contributed by atoms with Crippen molar-refractivity contribution in [3.05, 3.63) is 59.9 Å². The summed E-state index contributed by atoms with van der Waals surface area (Å²) in [7, 11) is 3.47. The third-order valence-corrected chi connectivity index (χ3v) is 5.94. The van der Waals surface area contributed by atoms with Gasteiger partial charge in [-0.3, -0.25) is 14.6 Å². The standard InChI is InChI=1S/C23H21N3O3/c1-25-21-6-5-14(7-17(21)9-22(25)27)20-11-24-10-16-4-3-15(8-19(16)20)23(28)26-12-18(13-26)29-2/h3-8,10-11,18H,9,12-13H2,1-2H3. The molecule has 29 heavy (non-hydrogen) atoms. The number of hydrogen-bond acceptors (Lipinski definition) is 4. The fraction of sp³-hybridized carbons (Fsp3) is 0.261. The fourth-order valence-electron chi connectivity index (χ4n) is 4.10. The lowest BCUT2D eigenvalue weighted by molar-refractivity contribution is -0.117. The number of rotatable bonds is 3. The second-order valence-corrected chi connectivity index (χ2v) is 7.66. The van der Waals surface area contributed by atoms with E-state index in [9.17, 15) is 9.59 Å². The third-order valence-electron chi connectivity index (χ3n) is 5.94. The van der Waals surface area contributed by atoms with E-state index in [-0.39, 0.29) is 17.9 Å². The van der Waals surface area contributed by atoms with Gasteiger partial charge < -0.3 is 14.5 Å². The van der Waals surface area contributed by atoms with Gasteiger partial charge in [0.05, 0.1) is 12.5 Å². The monoisotopic (exact) mass is 387 g/mol. The zero-order valence-corrected chi connectivity index (χ0v) is 16.4. The minimum atomic E-state index is 0.0177. The molecule has 6 heteroatoms. The van der Waals surface area contributed by atoms with Gasteiger partial charge >= 0.3 is 0 Å². The second-order valence-electron chi connectivity index (χ2n) is 7.66. The number of hydrogen-bond donors (Lipinski definition) is 0. The van der Waals surface area contributed by atoms with Crippen molar-refractivity contribution in [1.29, 1.82) is 0 Å². The largest absolute Gasteiger partial charge is 0.378 e. The predicted octanol–water partition coefficient (Wildman–Crippen LogP) is 2.89. The Morgan fingerprint density at radius 1 is 1.14 bits per heavy atom. The van der Waals surface area contributed by atoms with Crippen molar-refractivity contribution < 1.29 is 14.3 Å². The van der Waals surface area contributed by atoms with E-state index in [4.69, 9.17) is 4.74 Å². The summed E-state index contributed by atoms with van der Waals surface area (Å²) in [5.41, 5.74) is 4.59. The molecule has 0 radical (unpaired) electrons. The Balaban J connectivity index is 1.54.